The first kappa shape index (κ1) is 12.7. The number of anilines is 1. The molecule has 3 nitrogen and oxygen atoms in total. The van der Waals surface area contributed by atoms with Crippen molar-refractivity contribution in [3.05, 3.63) is 24.3 Å². The number of nitrogens with two attached hydrogens (primary N) is 1. The van der Waals surface area contributed by atoms with Crippen LogP contribution in [0.4, 0.5) is 18.9 Å². The molecule has 1 aromatic carbocycles. The largest absolute Gasteiger partial charge is 0.446 e. The fourth-order valence-corrected chi connectivity index (χ4v) is 1.57. The Labute approximate surface area is 94.9 Å². The van der Waals surface area contributed by atoms with Gasteiger partial charge >= 0.3 is 5.51 Å². The van der Waals surface area contributed by atoms with E-state index in [1.807, 2.05) is 0 Å². The predicted octanol–water partition coefficient (Wildman–Crippen LogP) is 2.65. The predicted molar refractivity (Wildman–Crippen MR) is 59.5 cm³/mol. The lowest BCUT2D eigenvalue weighted by molar-refractivity contribution is -0.0328. The number of thioether (sulfide) groups is 1. The number of guanidine groups is 1. The number of hydrogen-bond donors (Lipinski definition) is 2. The maximum Gasteiger partial charge on any atom is 0.446 e. The van der Waals surface area contributed by atoms with E-state index in [4.69, 9.17) is 5.73 Å². The summed E-state index contributed by atoms with van der Waals surface area (Å²) in [7, 11) is 1.48. The van der Waals surface area contributed by atoms with Crippen LogP contribution in [-0.2, 0) is 0 Å². The third kappa shape index (κ3) is 4.43. The van der Waals surface area contributed by atoms with Gasteiger partial charge in [-0.2, -0.15) is 13.2 Å². The van der Waals surface area contributed by atoms with E-state index in [-0.39, 0.29) is 22.6 Å². The van der Waals surface area contributed by atoms with E-state index in [2.05, 4.69) is 10.3 Å². The molecule has 88 valence electrons. The van der Waals surface area contributed by atoms with E-state index < -0.39 is 5.51 Å². The quantitative estimate of drug-likeness (QED) is 0.481. The molecule has 0 fully saturated rings. The molecule has 0 spiro atoms. The molecule has 0 atom stereocenters. The van der Waals surface area contributed by atoms with Crippen LogP contribution >= 0.6 is 11.8 Å². The number of alkyl halides is 3. The van der Waals surface area contributed by atoms with Gasteiger partial charge in [-0.05, 0) is 30.0 Å². The van der Waals surface area contributed by atoms with E-state index in [1.54, 1.807) is 6.07 Å². The molecule has 0 saturated heterocycles. The van der Waals surface area contributed by atoms with Crippen molar-refractivity contribution in [3.8, 4) is 0 Å². The average Bonchev–Trinajstić information content (AvgIpc) is 2.15. The molecule has 0 aliphatic heterocycles. The Balaban J connectivity index is 2.79. The molecule has 0 unspecified atom stereocenters. The van der Waals surface area contributed by atoms with Gasteiger partial charge in [-0.15, -0.1) is 0 Å². The fourth-order valence-electron chi connectivity index (χ4n) is 0.975. The maximum absolute atomic E-state index is 12.1. The summed E-state index contributed by atoms with van der Waals surface area (Å²) in [5, 5.41) is 2.66. The summed E-state index contributed by atoms with van der Waals surface area (Å²) in [5.41, 5.74) is 1.57. The third-order valence-electron chi connectivity index (χ3n) is 1.58. The molecular formula is C9H10F3N3S. The number of rotatable bonds is 2. The highest BCUT2D eigenvalue weighted by Crippen LogP contribution is 2.37. The molecule has 0 radical (unpaired) electrons. The summed E-state index contributed by atoms with van der Waals surface area (Å²) in [5.74, 6) is 0.147. The zero-order valence-electron chi connectivity index (χ0n) is 8.38. The summed E-state index contributed by atoms with van der Waals surface area (Å²) in [6.45, 7) is 0. The Hall–Kier alpha value is -1.37. The molecule has 0 heterocycles. The molecule has 16 heavy (non-hydrogen) atoms. The minimum Gasteiger partial charge on any atom is -0.370 e. The van der Waals surface area contributed by atoms with Crippen LogP contribution in [0.2, 0.25) is 0 Å². The van der Waals surface area contributed by atoms with Crippen LogP contribution in [0.3, 0.4) is 0 Å². The van der Waals surface area contributed by atoms with Crippen molar-refractivity contribution in [2.24, 2.45) is 10.7 Å². The lowest BCUT2D eigenvalue weighted by atomic mass is 10.3. The van der Waals surface area contributed by atoms with Crippen molar-refractivity contribution in [1.82, 2.24) is 0 Å². The lowest BCUT2D eigenvalue weighted by Crippen LogP contribution is -2.21. The zero-order valence-corrected chi connectivity index (χ0v) is 9.19. The van der Waals surface area contributed by atoms with Gasteiger partial charge in [0, 0.05) is 17.6 Å². The highest BCUT2D eigenvalue weighted by Gasteiger charge is 2.29. The highest BCUT2D eigenvalue weighted by molar-refractivity contribution is 8.00. The Kier molecular flexibility index (Phi) is 4.05. The summed E-state index contributed by atoms with van der Waals surface area (Å²) in [4.78, 5) is 3.74. The molecular weight excluding hydrogens is 239 g/mol. The van der Waals surface area contributed by atoms with Gasteiger partial charge in [0.05, 0.1) is 0 Å². The fraction of sp³-hybridized carbons (Fsp3) is 0.222. The SMILES string of the molecule is CN=C(N)Nc1cccc(SC(F)(F)F)c1. The van der Waals surface area contributed by atoms with E-state index in [0.717, 1.165) is 0 Å². The van der Waals surface area contributed by atoms with Crippen molar-refractivity contribution in [2.45, 2.75) is 10.4 Å². The molecule has 1 rings (SSSR count). The van der Waals surface area contributed by atoms with Gasteiger partial charge in [0.2, 0.25) is 0 Å². The van der Waals surface area contributed by atoms with Gasteiger partial charge < -0.3 is 11.1 Å². The van der Waals surface area contributed by atoms with Gasteiger partial charge in [0.15, 0.2) is 5.96 Å². The van der Waals surface area contributed by atoms with Crippen molar-refractivity contribution < 1.29 is 13.2 Å². The second kappa shape index (κ2) is 5.11. The molecule has 0 aliphatic rings. The average molecular weight is 249 g/mol. The number of nitrogens with zero attached hydrogens (tertiary/aromatic N) is 1. The molecule has 0 amide bonds. The number of nitrogens with one attached hydrogen (secondary N) is 1. The Morgan fingerprint density at radius 2 is 2.12 bits per heavy atom. The first-order valence-corrected chi connectivity index (χ1v) is 5.07. The molecule has 1 aromatic rings. The first-order valence-electron chi connectivity index (χ1n) is 4.26. The summed E-state index contributed by atoms with van der Waals surface area (Å²) < 4.78 is 36.3. The molecule has 0 saturated carbocycles. The van der Waals surface area contributed by atoms with Crippen LogP contribution in [0.1, 0.15) is 0 Å². The number of aliphatic imine (C=N–C) groups is 1. The molecule has 0 bridgehead atoms. The molecule has 0 aliphatic carbocycles. The highest BCUT2D eigenvalue weighted by atomic mass is 32.2. The van der Waals surface area contributed by atoms with Gasteiger partial charge in [0.25, 0.3) is 0 Å². The minimum absolute atomic E-state index is 0.0985. The lowest BCUT2D eigenvalue weighted by Gasteiger charge is -2.08. The second-order valence-electron chi connectivity index (χ2n) is 2.81. The van der Waals surface area contributed by atoms with Gasteiger partial charge in [-0.1, -0.05) is 6.07 Å². The molecule has 3 N–H and O–H groups in total. The maximum atomic E-state index is 12.1. The van der Waals surface area contributed by atoms with Gasteiger partial charge in [0.1, 0.15) is 0 Å². The topological polar surface area (TPSA) is 50.4 Å². The van der Waals surface area contributed by atoms with E-state index >= 15 is 0 Å². The van der Waals surface area contributed by atoms with Crippen LogP contribution in [0.5, 0.6) is 0 Å². The van der Waals surface area contributed by atoms with E-state index in [0.29, 0.717) is 5.69 Å². The van der Waals surface area contributed by atoms with E-state index in [9.17, 15) is 13.2 Å². The van der Waals surface area contributed by atoms with Crippen LogP contribution < -0.4 is 11.1 Å². The molecule has 7 heteroatoms. The minimum atomic E-state index is -4.29. The van der Waals surface area contributed by atoms with Crippen LogP contribution in [0.25, 0.3) is 0 Å². The summed E-state index contributed by atoms with van der Waals surface area (Å²) in [6, 6.07) is 5.86. The number of halogens is 3. The third-order valence-corrected chi connectivity index (χ3v) is 2.30. The molecule has 0 aromatic heterocycles. The summed E-state index contributed by atoms with van der Waals surface area (Å²) in [6.07, 6.45) is 0. The first-order chi connectivity index (χ1) is 7.40. The van der Waals surface area contributed by atoms with Crippen molar-refractivity contribution in [2.75, 3.05) is 12.4 Å². The standard InChI is InChI=1S/C9H10F3N3S/c1-14-8(13)15-6-3-2-4-7(5-6)16-9(10,11)12/h2-5H,1H3,(H3,13,14,15). The van der Waals surface area contributed by atoms with Gasteiger partial charge in [-0.25, -0.2) is 0 Å². The van der Waals surface area contributed by atoms with Crippen molar-refractivity contribution in [3.63, 3.8) is 0 Å². The zero-order chi connectivity index (χ0) is 12.2. The Bertz CT molecular complexity index is 390. The van der Waals surface area contributed by atoms with E-state index in [1.165, 1.54) is 25.2 Å². The van der Waals surface area contributed by atoms with Crippen molar-refractivity contribution in [1.29, 1.82) is 0 Å². The Morgan fingerprint density at radius 1 is 1.44 bits per heavy atom. The second-order valence-corrected chi connectivity index (χ2v) is 3.95. The van der Waals surface area contributed by atoms with Crippen LogP contribution in [-0.4, -0.2) is 18.5 Å². The number of hydrogen-bond acceptors (Lipinski definition) is 2. The van der Waals surface area contributed by atoms with Crippen LogP contribution in [0.15, 0.2) is 34.2 Å². The monoisotopic (exact) mass is 249 g/mol. The smallest absolute Gasteiger partial charge is 0.370 e. The van der Waals surface area contributed by atoms with Gasteiger partial charge in [-0.3, -0.25) is 4.99 Å². The van der Waals surface area contributed by atoms with Crippen molar-refractivity contribution >= 4 is 23.4 Å². The van der Waals surface area contributed by atoms with Crippen LogP contribution in [0, 0.1) is 0 Å². The Morgan fingerprint density at radius 3 is 2.69 bits per heavy atom. The summed E-state index contributed by atoms with van der Waals surface area (Å²) >= 11 is -0.171. The normalized spacial score (nSPS) is 12.6. The number of benzene rings is 1.